The fourth-order valence-electron chi connectivity index (χ4n) is 0.937. The maximum atomic E-state index is 4.44. The number of hydrogen-bond donors (Lipinski definition) is 0. The molecule has 0 aliphatic carbocycles. The highest BCUT2D eigenvalue weighted by atomic mass is 17.2. The first-order valence-electron chi connectivity index (χ1n) is 4.74. The third-order valence-corrected chi connectivity index (χ3v) is 1.70. The summed E-state index contributed by atoms with van der Waals surface area (Å²) < 4.78 is 0. The average Bonchev–Trinajstić information content (AvgIpc) is 2.33. The van der Waals surface area contributed by atoms with Crippen LogP contribution in [-0.2, 0) is 20.9 Å². The van der Waals surface area contributed by atoms with Crippen molar-refractivity contribution in [3.63, 3.8) is 0 Å². The summed E-state index contributed by atoms with van der Waals surface area (Å²) >= 11 is 0. The zero-order valence-electron chi connectivity index (χ0n) is 9.77. The molecule has 15 heavy (non-hydrogen) atoms. The Morgan fingerprint density at radius 2 is 1.40 bits per heavy atom. The second kappa shape index (κ2) is 9.61. The van der Waals surface area contributed by atoms with E-state index in [4.69, 9.17) is 0 Å². The summed E-state index contributed by atoms with van der Waals surface area (Å²) in [6.07, 6.45) is 1.14. The van der Waals surface area contributed by atoms with Gasteiger partial charge >= 0.3 is 0 Å². The molecule has 86 valence electrons. The highest BCUT2D eigenvalue weighted by Gasteiger charge is 1.92. The lowest BCUT2D eigenvalue weighted by molar-refractivity contribution is -0.502. The van der Waals surface area contributed by atoms with Gasteiger partial charge < -0.3 is 0 Å². The molecule has 0 saturated heterocycles. The van der Waals surface area contributed by atoms with E-state index in [0.29, 0.717) is 0 Å². The summed E-state index contributed by atoms with van der Waals surface area (Å²) in [7, 11) is 4.31. The lowest BCUT2D eigenvalue weighted by Crippen LogP contribution is -2.18. The van der Waals surface area contributed by atoms with Gasteiger partial charge in [0.05, 0.1) is 26.7 Å². The fraction of sp³-hybridized carbons (Fsp3) is 0.455. The number of nitrogens with zero attached hydrogens (tertiary/aromatic N) is 1. The number of benzene rings is 1. The summed E-state index contributed by atoms with van der Waals surface area (Å²) in [5.74, 6) is 0. The molecule has 0 atom stereocenters. The number of rotatable bonds is 4. The minimum absolute atomic E-state index is 0.875. The van der Waals surface area contributed by atoms with Crippen molar-refractivity contribution in [2.75, 3.05) is 21.3 Å². The molecule has 0 amide bonds. The van der Waals surface area contributed by atoms with Crippen LogP contribution in [0, 0.1) is 0 Å². The van der Waals surface area contributed by atoms with Gasteiger partial charge in [-0.1, -0.05) is 37.3 Å². The van der Waals surface area contributed by atoms with Crippen molar-refractivity contribution < 1.29 is 14.5 Å². The lowest BCUT2D eigenvalue weighted by Gasteiger charge is -2.10. The first-order valence-corrected chi connectivity index (χ1v) is 4.74. The minimum Gasteiger partial charge on any atom is -0.254 e. The van der Waals surface area contributed by atoms with E-state index in [1.165, 1.54) is 26.9 Å². The topological polar surface area (TPSA) is 30.9 Å². The minimum atomic E-state index is 0.875. The number of aryl methyl sites for hydroxylation is 1. The van der Waals surface area contributed by atoms with Crippen LogP contribution in [0.2, 0.25) is 0 Å². The van der Waals surface area contributed by atoms with Gasteiger partial charge in [-0.05, 0) is 12.0 Å². The molecule has 1 aromatic carbocycles. The first kappa shape index (κ1) is 14.1. The standard InChI is InChI=1S/C8H10.C3H9NO3/c1-2-8-6-4-3-5-7-8;1-5-4(6-2)7-3/h3-7H,2H2,1H3;1-3H3. The maximum absolute atomic E-state index is 4.44. The Morgan fingerprint density at radius 1 is 0.933 bits per heavy atom. The largest absolute Gasteiger partial charge is 0.254 e. The van der Waals surface area contributed by atoms with E-state index in [1.54, 1.807) is 0 Å². The molecular formula is C11H19NO3. The van der Waals surface area contributed by atoms with E-state index in [9.17, 15) is 0 Å². The van der Waals surface area contributed by atoms with Crippen LogP contribution in [0.25, 0.3) is 0 Å². The smallest absolute Gasteiger partial charge is 0.0758 e. The normalized spacial score (nSPS) is 9.67. The van der Waals surface area contributed by atoms with Crippen molar-refractivity contribution in [2.45, 2.75) is 13.3 Å². The van der Waals surface area contributed by atoms with Gasteiger partial charge in [0.2, 0.25) is 0 Å². The predicted octanol–water partition coefficient (Wildman–Crippen LogP) is 2.22. The molecule has 0 N–H and O–H groups in total. The van der Waals surface area contributed by atoms with E-state index in [0.717, 1.165) is 11.8 Å². The Kier molecular flexibility index (Phi) is 9.01. The Morgan fingerprint density at radius 3 is 1.60 bits per heavy atom. The Labute approximate surface area is 91.2 Å². The summed E-state index contributed by atoms with van der Waals surface area (Å²) in [6.45, 7) is 2.16. The molecule has 0 aliphatic heterocycles. The van der Waals surface area contributed by atoms with Crippen molar-refractivity contribution in [2.24, 2.45) is 0 Å². The van der Waals surface area contributed by atoms with Gasteiger partial charge in [-0.15, -0.1) is 0 Å². The van der Waals surface area contributed by atoms with Crippen LogP contribution in [0.4, 0.5) is 0 Å². The van der Waals surface area contributed by atoms with E-state index in [2.05, 4.69) is 45.7 Å². The summed E-state index contributed by atoms with van der Waals surface area (Å²) in [5.41, 5.74) is 1.41. The monoisotopic (exact) mass is 213 g/mol. The molecule has 0 aliphatic rings. The van der Waals surface area contributed by atoms with Crippen LogP contribution in [0.15, 0.2) is 30.3 Å². The highest BCUT2D eigenvalue weighted by Crippen LogP contribution is 1.96. The Bertz CT molecular complexity index is 219. The molecule has 0 fully saturated rings. The first-order chi connectivity index (χ1) is 7.28. The second-order valence-electron chi connectivity index (χ2n) is 2.61. The third kappa shape index (κ3) is 7.04. The Hall–Kier alpha value is -0.940. The average molecular weight is 213 g/mol. The van der Waals surface area contributed by atoms with Crippen LogP contribution < -0.4 is 0 Å². The maximum Gasteiger partial charge on any atom is 0.0758 e. The summed E-state index contributed by atoms with van der Waals surface area (Å²) in [6, 6.07) is 10.5. The molecule has 0 radical (unpaired) electrons. The van der Waals surface area contributed by atoms with Crippen molar-refractivity contribution in [1.29, 1.82) is 0 Å². The molecule has 0 aromatic heterocycles. The van der Waals surface area contributed by atoms with Gasteiger partial charge in [-0.3, -0.25) is 14.5 Å². The van der Waals surface area contributed by atoms with Crippen LogP contribution in [0.1, 0.15) is 12.5 Å². The number of hydrogen-bond acceptors (Lipinski definition) is 4. The highest BCUT2D eigenvalue weighted by molar-refractivity contribution is 5.13. The molecule has 4 nitrogen and oxygen atoms in total. The quantitative estimate of drug-likeness (QED) is 0.718. The van der Waals surface area contributed by atoms with Gasteiger partial charge in [0.1, 0.15) is 0 Å². The lowest BCUT2D eigenvalue weighted by atomic mass is 10.2. The molecule has 4 heteroatoms. The molecular weight excluding hydrogens is 194 g/mol. The predicted molar refractivity (Wildman–Crippen MR) is 58.7 cm³/mol. The van der Waals surface area contributed by atoms with Gasteiger partial charge in [-0.25, -0.2) is 0 Å². The third-order valence-electron chi connectivity index (χ3n) is 1.70. The van der Waals surface area contributed by atoms with Crippen molar-refractivity contribution >= 4 is 0 Å². The van der Waals surface area contributed by atoms with Crippen molar-refractivity contribution in [1.82, 2.24) is 5.39 Å². The van der Waals surface area contributed by atoms with E-state index in [1.807, 2.05) is 6.07 Å². The molecule has 0 heterocycles. The van der Waals surface area contributed by atoms with Gasteiger partial charge in [0.15, 0.2) is 0 Å². The molecule has 0 bridgehead atoms. The van der Waals surface area contributed by atoms with E-state index >= 15 is 0 Å². The van der Waals surface area contributed by atoms with Crippen molar-refractivity contribution in [3.8, 4) is 0 Å². The van der Waals surface area contributed by atoms with Gasteiger partial charge in [-0.2, -0.15) is 0 Å². The molecule has 1 aromatic rings. The molecule has 0 spiro atoms. The SMILES string of the molecule is CCc1ccccc1.CON(OC)OC. The molecule has 0 unspecified atom stereocenters. The van der Waals surface area contributed by atoms with E-state index < -0.39 is 0 Å². The van der Waals surface area contributed by atoms with Crippen LogP contribution in [0.3, 0.4) is 0 Å². The molecule has 1 rings (SSSR count). The molecule has 0 saturated carbocycles. The summed E-state index contributed by atoms with van der Waals surface area (Å²) in [4.78, 5) is 13.3. The van der Waals surface area contributed by atoms with Gasteiger partial charge in [0.25, 0.3) is 0 Å². The van der Waals surface area contributed by atoms with Gasteiger partial charge in [0, 0.05) is 0 Å². The second-order valence-corrected chi connectivity index (χ2v) is 2.61. The zero-order chi connectivity index (χ0) is 11.5. The zero-order valence-corrected chi connectivity index (χ0v) is 9.77. The van der Waals surface area contributed by atoms with Crippen LogP contribution in [-0.4, -0.2) is 26.7 Å². The van der Waals surface area contributed by atoms with Crippen molar-refractivity contribution in [3.05, 3.63) is 35.9 Å². The van der Waals surface area contributed by atoms with Crippen LogP contribution >= 0.6 is 0 Å². The summed E-state index contributed by atoms with van der Waals surface area (Å²) in [5, 5.41) is 0.875. The van der Waals surface area contributed by atoms with E-state index in [-0.39, 0.29) is 0 Å². The Balaban J connectivity index is 0.000000265. The van der Waals surface area contributed by atoms with Crippen LogP contribution in [0.5, 0.6) is 0 Å². The fourth-order valence-corrected chi connectivity index (χ4v) is 0.937.